The van der Waals surface area contributed by atoms with Gasteiger partial charge in [0.2, 0.25) is 15.9 Å². The number of carbonyl (C=O) groups excluding carboxylic acids is 1. The Morgan fingerprint density at radius 1 is 1.45 bits per heavy atom. The SMILES string of the molecule is C=C(C)c1csc(NC(=O)C(C)(C)S(=O)(=O)NCCCC)n1. The third-order valence-corrected chi connectivity index (χ3v) is 6.07. The molecule has 1 rings (SSSR count). The highest BCUT2D eigenvalue weighted by molar-refractivity contribution is 7.91. The molecule has 0 fully saturated rings. The van der Waals surface area contributed by atoms with Crippen LogP contribution in [0.2, 0.25) is 0 Å². The Hall–Kier alpha value is -1.25. The molecule has 0 aliphatic carbocycles. The number of sulfonamides is 1. The number of anilines is 1. The third kappa shape index (κ3) is 4.37. The van der Waals surface area contributed by atoms with Gasteiger partial charge in [-0.1, -0.05) is 19.9 Å². The van der Waals surface area contributed by atoms with E-state index in [1.807, 2.05) is 13.8 Å². The molecule has 22 heavy (non-hydrogen) atoms. The highest BCUT2D eigenvalue weighted by Gasteiger charge is 2.41. The summed E-state index contributed by atoms with van der Waals surface area (Å²) >= 11 is 1.24. The lowest BCUT2D eigenvalue weighted by atomic mass is 10.2. The van der Waals surface area contributed by atoms with E-state index >= 15 is 0 Å². The van der Waals surface area contributed by atoms with Gasteiger partial charge >= 0.3 is 0 Å². The zero-order chi connectivity index (χ0) is 17.0. The van der Waals surface area contributed by atoms with Crippen molar-refractivity contribution < 1.29 is 13.2 Å². The number of nitrogens with zero attached hydrogens (tertiary/aromatic N) is 1. The number of nitrogens with one attached hydrogen (secondary N) is 2. The molecule has 2 N–H and O–H groups in total. The fourth-order valence-corrected chi connectivity index (χ4v) is 3.31. The Morgan fingerprint density at radius 2 is 2.09 bits per heavy atom. The van der Waals surface area contributed by atoms with Crippen LogP contribution in [0.15, 0.2) is 12.0 Å². The van der Waals surface area contributed by atoms with Crippen molar-refractivity contribution in [3.05, 3.63) is 17.7 Å². The molecule has 1 amide bonds. The molecule has 0 spiro atoms. The Balaban J connectivity index is 2.82. The van der Waals surface area contributed by atoms with Gasteiger partial charge in [-0.25, -0.2) is 18.1 Å². The van der Waals surface area contributed by atoms with Crippen LogP contribution in [0.4, 0.5) is 5.13 Å². The molecular formula is C14H23N3O3S2. The summed E-state index contributed by atoms with van der Waals surface area (Å²) in [7, 11) is -3.76. The minimum Gasteiger partial charge on any atom is -0.301 e. The van der Waals surface area contributed by atoms with E-state index in [9.17, 15) is 13.2 Å². The van der Waals surface area contributed by atoms with Gasteiger partial charge in [0.25, 0.3) is 0 Å². The Kier molecular flexibility index (Phi) is 6.27. The average Bonchev–Trinajstić information content (AvgIpc) is 2.87. The molecule has 0 atom stereocenters. The van der Waals surface area contributed by atoms with Gasteiger partial charge in [0.1, 0.15) is 0 Å². The third-order valence-electron chi connectivity index (χ3n) is 3.20. The van der Waals surface area contributed by atoms with Crippen LogP contribution in [0.3, 0.4) is 0 Å². The lowest BCUT2D eigenvalue weighted by Gasteiger charge is -2.23. The fourth-order valence-electron chi connectivity index (χ4n) is 1.46. The number of amides is 1. The van der Waals surface area contributed by atoms with E-state index < -0.39 is 20.7 Å². The number of rotatable bonds is 8. The molecule has 0 aliphatic heterocycles. The van der Waals surface area contributed by atoms with Gasteiger partial charge < -0.3 is 5.32 Å². The number of thiazole rings is 1. The second kappa shape index (κ2) is 7.34. The van der Waals surface area contributed by atoms with Crippen molar-refractivity contribution in [1.29, 1.82) is 0 Å². The summed E-state index contributed by atoms with van der Waals surface area (Å²) in [5, 5.41) is 4.69. The zero-order valence-electron chi connectivity index (χ0n) is 13.4. The quantitative estimate of drug-likeness (QED) is 0.709. The van der Waals surface area contributed by atoms with Crippen LogP contribution < -0.4 is 10.0 Å². The number of carbonyl (C=O) groups is 1. The molecule has 0 aliphatic rings. The Labute approximate surface area is 136 Å². The van der Waals surface area contributed by atoms with Crippen LogP contribution in [0.5, 0.6) is 0 Å². The van der Waals surface area contributed by atoms with Crippen LogP contribution >= 0.6 is 11.3 Å². The summed E-state index contributed by atoms with van der Waals surface area (Å²) in [4.78, 5) is 16.5. The van der Waals surface area contributed by atoms with Gasteiger partial charge in [0, 0.05) is 11.9 Å². The summed E-state index contributed by atoms with van der Waals surface area (Å²) < 4.78 is 25.4. The first kappa shape index (κ1) is 18.8. The number of unbranched alkanes of at least 4 members (excludes halogenated alkanes) is 1. The molecule has 8 heteroatoms. The molecule has 0 aromatic carbocycles. The second-order valence-corrected chi connectivity index (χ2v) is 8.71. The minimum absolute atomic E-state index is 0.326. The van der Waals surface area contributed by atoms with Crippen molar-refractivity contribution in [2.75, 3.05) is 11.9 Å². The van der Waals surface area contributed by atoms with E-state index in [2.05, 4.69) is 21.6 Å². The Bertz CT molecular complexity index is 648. The summed E-state index contributed by atoms with van der Waals surface area (Å²) in [5.41, 5.74) is 1.46. The van der Waals surface area contributed by atoms with E-state index in [0.717, 1.165) is 18.4 Å². The van der Waals surface area contributed by atoms with E-state index in [0.29, 0.717) is 17.4 Å². The summed E-state index contributed by atoms with van der Waals surface area (Å²) in [6.45, 7) is 10.6. The molecule has 6 nitrogen and oxygen atoms in total. The van der Waals surface area contributed by atoms with E-state index in [1.165, 1.54) is 25.2 Å². The van der Waals surface area contributed by atoms with Crippen LogP contribution in [-0.2, 0) is 14.8 Å². The molecule has 0 saturated heterocycles. The van der Waals surface area contributed by atoms with Gasteiger partial charge in [0.05, 0.1) is 5.69 Å². The van der Waals surface area contributed by atoms with Crippen molar-refractivity contribution in [2.24, 2.45) is 0 Å². The molecular weight excluding hydrogens is 322 g/mol. The first-order valence-electron chi connectivity index (χ1n) is 7.04. The molecule has 1 aromatic heterocycles. The van der Waals surface area contributed by atoms with E-state index in [4.69, 9.17) is 0 Å². The molecule has 124 valence electrons. The highest BCUT2D eigenvalue weighted by Crippen LogP contribution is 2.23. The van der Waals surface area contributed by atoms with Gasteiger partial charge in [-0.15, -0.1) is 11.3 Å². The van der Waals surface area contributed by atoms with Crippen molar-refractivity contribution in [1.82, 2.24) is 9.71 Å². The van der Waals surface area contributed by atoms with Gasteiger partial charge in [0.15, 0.2) is 9.88 Å². The fraction of sp³-hybridized carbons (Fsp3) is 0.571. The van der Waals surface area contributed by atoms with Crippen molar-refractivity contribution in [2.45, 2.75) is 45.3 Å². The maximum atomic E-state index is 12.3. The first-order valence-corrected chi connectivity index (χ1v) is 9.40. The van der Waals surface area contributed by atoms with Crippen molar-refractivity contribution in [3.8, 4) is 0 Å². The van der Waals surface area contributed by atoms with Crippen LogP contribution in [0.25, 0.3) is 5.57 Å². The molecule has 0 saturated carbocycles. The predicted molar refractivity (Wildman–Crippen MR) is 91.4 cm³/mol. The zero-order valence-corrected chi connectivity index (χ0v) is 15.0. The topological polar surface area (TPSA) is 88.2 Å². The van der Waals surface area contributed by atoms with E-state index in [-0.39, 0.29) is 0 Å². The number of hydrogen-bond donors (Lipinski definition) is 2. The summed E-state index contributed by atoms with van der Waals surface area (Å²) in [6, 6.07) is 0. The predicted octanol–water partition coefficient (Wildman–Crippen LogP) is 2.61. The second-order valence-electron chi connectivity index (χ2n) is 5.53. The normalized spacial score (nSPS) is 12.2. The number of hydrogen-bond acceptors (Lipinski definition) is 5. The maximum Gasteiger partial charge on any atom is 0.248 e. The van der Waals surface area contributed by atoms with Crippen molar-refractivity contribution in [3.63, 3.8) is 0 Å². The minimum atomic E-state index is -3.76. The number of aromatic nitrogens is 1. The molecule has 0 radical (unpaired) electrons. The standard InChI is InChI=1S/C14H23N3O3S2/c1-6-7-8-15-22(19,20)14(4,5)12(18)17-13-16-11(9-21-13)10(2)3/h9,15H,2,6-8H2,1,3-5H3,(H,16,17,18). The van der Waals surface area contributed by atoms with Gasteiger partial charge in [-0.05, 0) is 32.8 Å². The highest BCUT2D eigenvalue weighted by atomic mass is 32.2. The summed E-state index contributed by atoms with van der Waals surface area (Å²) in [6.07, 6.45) is 1.60. The Morgan fingerprint density at radius 3 is 2.59 bits per heavy atom. The van der Waals surface area contributed by atoms with Crippen molar-refractivity contribution >= 4 is 38.0 Å². The van der Waals surface area contributed by atoms with Crippen LogP contribution in [0.1, 0.15) is 46.2 Å². The molecule has 0 bridgehead atoms. The van der Waals surface area contributed by atoms with E-state index in [1.54, 1.807) is 5.38 Å². The average molecular weight is 345 g/mol. The summed E-state index contributed by atoms with van der Waals surface area (Å²) in [5.74, 6) is -0.612. The molecule has 1 heterocycles. The monoisotopic (exact) mass is 345 g/mol. The lowest BCUT2D eigenvalue weighted by molar-refractivity contribution is -0.117. The largest absolute Gasteiger partial charge is 0.301 e. The number of allylic oxidation sites excluding steroid dienone is 1. The van der Waals surface area contributed by atoms with Crippen LogP contribution in [-0.4, -0.2) is 30.6 Å². The first-order chi connectivity index (χ1) is 10.1. The van der Waals surface area contributed by atoms with Gasteiger partial charge in [-0.2, -0.15) is 0 Å². The van der Waals surface area contributed by atoms with Gasteiger partial charge in [-0.3, -0.25) is 4.79 Å². The lowest BCUT2D eigenvalue weighted by Crippen LogP contribution is -2.50. The smallest absolute Gasteiger partial charge is 0.248 e. The maximum absolute atomic E-state index is 12.3. The van der Waals surface area contributed by atoms with Crippen LogP contribution in [0, 0.1) is 0 Å². The molecule has 0 unspecified atom stereocenters. The molecule has 1 aromatic rings.